The van der Waals surface area contributed by atoms with Crippen LogP contribution in [0, 0.1) is 6.92 Å². The molecular formula is C21H26N6OS2. The number of thioether (sulfide) groups is 1. The Hall–Kier alpha value is -2.23. The summed E-state index contributed by atoms with van der Waals surface area (Å²) >= 11 is 2.86. The molecule has 158 valence electrons. The third-order valence-electron chi connectivity index (χ3n) is 4.99. The molecule has 1 aliphatic rings. The molecule has 3 heterocycles. The van der Waals surface area contributed by atoms with Gasteiger partial charge in [0.1, 0.15) is 5.82 Å². The largest absolute Gasteiger partial charge is 0.301 e. The molecule has 7 nitrogen and oxygen atoms in total. The van der Waals surface area contributed by atoms with Gasteiger partial charge in [0.05, 0.1) is 24.5 Å². The number of carbonyl (C=O) groups is 1. The van der Waals surface area contributed by atoms with Gasteiger partial charge < -0.3 is 9.88 Å². The summed E-state index contributed by atoms with van der Waals surface area (Å²) in [5.74, 6) is 1.15. The van der Waals surface area contributed by atoms with E-state index in [1.165, 1.54) is 47.9 Å². The molecule has 1 aromatic carbocycles. The zero-order valence-electron chi connectivity index (χ0n) is 17.1. The predicted molar refractivity (Wildman–Crippen MR) is 121 cm³/mol. The molecule has 1 N–H and O–H groups in total. The molecule has 1 amide bonds. The lowest BCUT2D eigenvalue weighted by molar-refractivity contribution is -0.113. The van der Waals surface area contributed by atoms with Gasteiger partial charge in [-0.1, -0.05) is 48.5 Å². The first-order chi connectivity index (χ1) is 14.7. The highest BCUT2D eigenvalue weighted by atomic mass is 32.2. The second kappa shape index (κ2) is 10.2. The molecule has 0 spiro atoms. The Bertz CT molecular complexity index is 965. The number of thiazole rings is 1. The van der Waals surface area contributed by atoms with Crippen LogP contribution in [0.5, 0.6) is 0 Å². The lowest BCUT2D eigenvalue weighted by Gasteiger charge is -2.26. The summed E-state index contributed by atoms with van der Waals surface area (Å²) in [6.07, 6.45) is 3.79. The van der Waals surface area contributed by atoms with Gasteiger partial charge in [0.25, 0.3) is 0 Å². The van der Waals surface area contributed by atoms with Crippen molar-refractivity contribution >= 4 is 34.1 Å². The molecule has 0 saturated carbocycles. The Balaban J connectivity index is 1.45. The average molecular weight is 443 g/mol. The second-order valence-electron chi connectivity index (χ2n) is 7.44. The molecule has 0 unspecified atom stereocenters. The van der Waals surface area contributed by atoms with Gasteiger partial charge in [0.15, 0.2) is 10.3 Å². The molecule has 0 bridgehead atoms. The summed E-state index contributed by atoms with van der Waals surface area (Å²) in [6.45, 7) is 5.63. The summed E-state index contributed by atoms with van der Waals surface area (Å²) < 4.78 is 2.15. The molecule has 4 rings (SSSR count). The fourth-order valence-corrected chi connectivity index (χ4v) is 4.94. The minimum atomic E-state index is -0.0822. The fraction of sp³-hybridized carbons (Fsp3) is 0.429. The monoisotopic (exact) mass is 442 g/mol. The number of nitrogens with one attached hydrogen (secondary N) is 1. The molecule has 9 heteroatoms. The van der Waals surface area contributed by atoms with Crippen molar-refractivity contribution < 1.29 is 4.79 Å². The number of nitrogens with zero attached hydrogens (tertiary/aromatic N) is 5. The smallest absolute Gasteiger partial charge is 0.236 e. The summed E-state index contributed by atoms with van der Waals surface area (Å²) in [5, 5.41) is 15.1. The van der Waals surface area contributed by atoms with E-state index in [0.717, 1.165) is 36.3 Å². The summed E-state index contributed by atoms with van der Waals surface area (Å²) in [7, 11) is 0. The summed E-state index contributed by atoms with van der Waals surface area (Å²) in [4.78, 5) is 19.1. The second-order valence-corrected chi connectivity index (χ2v) is 9.24. The van der Waals surface area contributed by atoms with Crippen molar-refractivity contribution in [2.24, 2.45) is 0 Å². The minimum absolute atomic E-state index is 0.0822. The van der Waals surface area contributed by atoms with Gasteiger partial charge in [0.2, 0.25) is 5.91 Å². The third-order valence-corrected chi connectivity index (χ3v) is 6.83. The minimum Gasteiger partial charge on any atom is -0.301 e. The van der Waals surface area contributed by atoms with E-state index in [0.29, 0.717) is 11.7 Å². The van der Waals surface area contributed by atoms with Crippen molar-refractivity contribution in [3.63, 3.8) is 0 Å². The van der Waals surface area contributed by atoms with Gasteiger partial charge in [-0.25, -0.2) is 4.98 Å². The number of rotatable bonds is 8. The number of carbonyl (C=O) groups excluding carboxylic acids is 1. The van der Waals surface area contributed by atoms with Gasteiger partial charge in [-0.15, -0.1) is 21.5 Å². The van der Waals surface area contributed by atoms with Crippen molar-refractivity contribution in [1.29, 1.82) is 0 Å². The molecule has 30 heavy (non-hydrogen) atoms. The number of aromatic nitrogens is 4. The lowest BCUT2D eigenvalue weighted by Crippen LogP contribution is -2.30. The van der Waals surface area contributed by atoms with Crippen LogP contribution in [-0.2, 0) is 17.9 Å². The summed E-state index contributed by atoms with van der Waals surface area (Å²) in [5.41, 5.74) is 2.11. The highest BCUT2D eigenvalue weighted by Gasteiger charge is 2.19. The molecule has 1 aliphatic heterocycles. The molecule has 0 aliphatic carbocycles. The molecular weight excluding hydrogens is 416 g/mol. The number of hydrogen-bond acceptors (Lipinski definition) is 7. The van der Waals surface area contributed by atoms with Crippen LogP contribution in [0.2, 0.25) is 0 Å². The van der Waals surface area contributed by atoms with Crippen molar-refractivity contribution in [2.45, 2.75) is 44.4 Å². The van der Waals surface area contributed by atoms with Crippen LogP contribution in [0.3, 0.4) is 0 Å². The predicted octanol–water partition coefficient (Wildman–Crippen LogP) is 3.81. The van der Waals surface area contributed by atoms with E-state index in [9.17, 15) is 4.79 Å². The Kier molecular flexibility index (Phi) is 7.14. The third kappa shape index (κ3) is 5.68. The molecule has 2 aromatic heterocycles. The van der Waals surface area contributed by atoms with Gasteiger partial charge in [-0.2, -0.15) is 0 Å². The Morgan fingerprint density at radius 2 is 1.93 bits per heavy atom. The van der Waals surface area contributed by atoms with Crippen molar-refractivity contribution in [3.8, 4) is 0 Å². The quantitative estimate of drug-likeness (QED) is 0.535. The number of piperidine rings is 1. The van der Waals surface area contributed by atoms with Crippen LogP contribution in [0.15, 0.2) is 40.9 Å². The molecule has 3 aromatic rings. The van der Waals surface area contributed by atoms with Crippen LogP contribution < -0.4 is 5.32 Å². The van der Waals surface area contributed by atoms with E-state index in [1.807, 2.05) is 30.5 Å². The average Bonchev–Trinajstić information content (AvgIpc) is 3.34. The number of hydrogen-bond donors (Lipinski definition) is 1. The van der Waals surface area contributed by atoms with Gasteiger partial charge >= 0.3 is 0 Å². The lowest BCUT2D eigenvalue weighted by atomic mass is 10.1. The standard InChI is InChI=1S/C21H26N6OS2/c1-16-14-29-20(22-16)23-19(28)15-30-21-25-24-18(13-26-10-6-3-7-11-26)27(21)12-17-8-4-2-5-9-17/h2,4-5,8-9,14H,3,6-7,10-13,15H2,1H3,(H,22,23,28). The van der Waals surface area contributed by atoms with E-state index in [4.69, 9.17) is 0 Å². The van der Waals surface area contributed by atoms with Crippen LogP contribution in [0.25, 0.3) is 0 Å². The number of anilines is 1. The van der Waals surface area contributed by atoms with Gasteiger partial charge in [0, 0.05) is 5.38 Å². The van der Waals surface area contributed by atoms with E-state index in [1.54, 1.807) is 0 Å². The normalized spacial score (nSPS) is 14.7. The van der Waals surface area contributed by atoms with Crippen LogP contribution in [0.4, 0.5) is 5.13 Å². The van der Waals surface area contributed by atoms with E-state index >= 15 is 0 Å². The Labute approximate surface area is 184 Å². The topological polar surface area (TPSA) is 75.9 Å². The van der Waals surface area contributed by atoms with Crippen LogP contribution in [0.1, 0.15) is 36.3 Å². The number of likely N-dealkylation sites (tertiary alicyclic amines) is 1. The van der Waals surface area contributed by atoms with Gasteiger partial charge in [-0.3, -0.25) is 9.69 Å². The van der Waals surface area contributed by atoms with Crippen molar-refractivity contribution in [1.82, 2.24) is 24.6 Å². The van der Waals surface area contributed by atoms with Crippen molar-refractivity contribution in [2.75, 3.05) is 24.2 Å². The van der Waals surface area contributed by atoms with E-state index < -0.39 is 0 Å². The van der Waals surface area contributed by atoms with Crippen LogP contribution in [-0.4, -0.2) is 49.4 Å². The maximum atomic E-state index is 12.4. The number of benzene rings is 1. The molecule has 0 atom stereocenters. The SMILES string of the molecule is Cc1csc(NC(=O)CSc2nnc(CN3CCCCC3)n2Cc2ccccc2)n1. The maximum absolute atomic E-state index is 12.4. The molecule has 1 saturated heterocycles. The van der Waals surface area contributed by atoms with E-state index in [2.05, 4.69) is 42.1 Å². The first kappa shape index (κ1) is 21.0. The molecule has 0 radical (unpaired) electrons. The Morgan fingerprint density at radius 1 is 1.13 bits per heavy atom. The number of aryl methyl sites for hydroxylation is 1. The van der Waals surface area contributed by atoms with Crippen LogP contribution >= 0.6 is 23.1 Å². The maximum Gasteiger partial charge on any atom is 0.236 e. The highest BCUT2D eigenvalue weighted by molar-refractivity contribution is 7.99. The van der Waals surface area contributed by atoms with Gasteiger partial charge in [-0.05, 0) is 38.4 Å². The zero-order chi connectivity index (χ0) is 20.8. The molecule has 1 fully saturated rings. The first-order valence-corrected chi connectivity index (χ1v) is 12.1. The van der Waals surface area contributed by atoms with Crippen molar-refractivity contribution in [3.05, 3.63) is 52.8 Å². The first-order valence-electron chi connectivity index (χ1n) is 10.2. The van der Waals surface area contributed by atoms with E-state index in [-0.39, 0.29) is 11.7 Å². The summed E-state index contributed by atoms with van der Waals surface area (Å²) in [6, 6.07) is 10.3. The number of amides is 1. The Morgan fingerprint density at radius 3 is 2.67 bits per heavy atom. The fourth-order valence-electron chi connectivity index (χ4n) is 3.48. The zero-order valence-corrected chi connectivity index (χ0v) is 18.7. The highest BCUT2D eigenvalue weighted by Crippen LogP contribution is 2.22.